The van der Waals surface area contributed by atoms with Gasteiger partial charge in [0.1, 0.15) is 0 Å². The van der Waals surface area contributed by atoms with Gasteiger partial charge in [0.25, 0.3) is 0 Å². The Labute approximate surface area is 85.2 Å². The molecule has 4 heteroatoms. The fraction of sp³-hybridized carbons (Fsp3) is 0.900. The van der Waals surface area contributed by atoms with E-state index in [-0.39, 0.29) is 18.5 Å². The summed E-state index contributed by atoms with van der Waals surface area (Å²) in [6.07, 6.45) is -0.343. The van der Waals surface area contributed by atoms with Crippen molar-refractivity contribution in [3.63, 3.8) is 0 Å². The van der Waals surface area contributed by atoms with Crippen molar-refractivity contribution < 1.29 is 19.4 Å². The van der Waals surface area contributed by atoms with Gasteiger partial charge in [-0.3, -0.25) is 4.79 Å². The number of carbonyl (C=O) groups is 1. The maximum Gasteiger partial charge on any atom is 0.308 e. The molecule has 0 aromatic carbocycles. The highest BCUT2D eigenvalue weighted by atomic mass is 16.5. The molecule has 0 aliphatic carbocycles. The van der Waals surface area contributed by atoms with Crippen molar-refractivity contribution in [2.75, 3.05) is 13.2 Å². The molecule has 0 saturated carbocycles. The maximum absolute atomic E-state index is 11.0. The van der Waals surface area contributed by atoms with E-state index >= 15 is 0 Å². The summed E-state index contributed by atoms with van der Waals surface area (Å²) in [6, 6.07) is 0. The lowest BCUT2D eigenvalue weighted by molar-refractivity contribution is -0.148. The summed E-state index contributed by atoms with van der Waals surface area (Å²) in [6.45, 7) is 6.40. The first kappa shape index (κ1) is 13.4. The largest absolute Gasteiger partial charge is 0.466 e. The fourth-order valence-electron chi connectivity index (χ4n) is 1.24. The van der Waals surface area contributed by atoms with E-state index in [2.05, 4.69) is 0 Å². The minimum absolute atomic E-state index is 0.00630. The highest BCUT2D eigenvalue weighted by molar-refractivity contribution is 5.69. The van der Waals surface area contributed by atoms with Crippen molar-refractivity contribution in [1.82, 2.24) is 0 Å². The smallest absolute Gasteiger partial charge is 0.308 e. The Morgan fingerprint density at radius 3 is 2.36 bits per heavy atom. The van der Waals surface area contributed by atoms with E-state index in [0.717, 1.165) is 0 Å². The second-order valence-electron chi connectivity index (χ2n) is 2.98. The van der Waals surface area contributed by atoms with Gasteiger partial charge < -0.3 is 14.6 Å². The summed E-state index contributed by atoms with van der Waals surface area (Å²) < 4.78 is 10.0. The number of hydrogen-bond donors (Lipinski definition) is 1. The highest BCUT2D eigenvalue weighted by Gasteiger charge is 2.21. The molecule has 14 heavy (non-hydrogen) atoms. The van der Waals surface area contributed by atoms with Crippen molar-refractivity contribution >= 4 is 5.97 Å². The van der Waals surface area contributed by atoms with Crippen LogP contribution in [0.5, 0.6) is 0 Å². The first-order chi connectivity index (χ1) is 6.65. The molecule has 0 fully saturated rings. The predicted octanol–water partition coefficient (Wildman–Crippen LogP) is 1.12. The molecule has 4 nitrogen and oxygen atoms in total. The van der Waals surface area contributed by atoms with Gasteiger partial charge in [0, 0.05) is 6.61 Å². The van der Waals surface area contributed by atoms with Crippen molar-refractivity contribution in [2.45, 2.75) is 45.8 Å². The monoisotopic (exact) mass is 204 g/mol. The Balaban J connectivity index is 3.89. The molecule has 0 unspecified atom stereocenters. The van der Waals surface area contributed by atoms with E-state index in [0.29, 0.717) is 19.6 Å². The Morgan fingerprint density at radius 1 is 1.29 bits per heavy atom. The van der Waals surface area contributed by atoms with Gasteiger partial charge in [-0.25, -0.2) is 0 Å². The Morgan fingerprint density at radius 2 is 1.93 bits per heavy atom. The van der Waals surface area contributed by atoms with Gasteiger partial charge in [-0.15, -0.1) is 0 Å². The molecule has 2 atom stereocenters. The molecule has 0 heterocycles. The third kappa shape index (κ3) is 5.19. The zero-order valence-electron chi connectivity index (χ0n) is 9.16. The molecular weight excluding hydrogens is 184 g/mol. The fourth-order valence-corrected chi connectivity index (χ4v) is 1.24. The molecule has 0 bridgehead atoms. The van der Waals surface area contributed by atoms with Crippen LogP contribution in [0.3, 0.4) is 0 Å². The molecule has 0 aliphatic heterocycles. The van der Waals surface area contributed by atoms with Crippen LogP contribution in [-0.2, 0) is 14.3 Å². The van der Waals surface area contributed by atoms with Crippen molar-refractivity contribution in [2.24, 2.45) is 0 Å². The van der Waals surface area contributed by atoms with Crippen molar-refractivity contribution in [1.29, 1.82) is 0 Å². The van der Waals surface area contributed by atoms with E-state index in [1.165, 1.54) is 0 Å². The molecule has 0 spiro atoms. The van der Waals surface area contributed by atoms with Crippen molar-refractivity contribution in [3.8, 4) is 0 Å². The lowest BCUT2D eigenvalue weighted by atomic mass is 10.1. The third-order valence-electron chi connectivity index (χ3n) is 1.89. The molecule has 84 valence electrons. The Bertz CT molecular complexity index is 158. The van der Waals surface area contributed by atoms with Crippen LogP contribution in [0.25, 0.3) is 0 Å². The van der Waals surface area contributed by atoms with Gasteiger partial charge in [-0.05, 0) is 20.3 Å². The Hall–Kier alpha value is -0.610. The molecule has 0 saturated heterocycles. The molecule has 0 rings (SSSR count). The SMILES string of the molecule is CCOC(=O)C[C@H](O)[C@@H](CC)OCC. The van der Waals surface area contributed by atoms with Crippen LogP contribution in [0.1, 0.15) is 33.6 Å². The maximum atomic E-state index is 11.0. The topological polar surface area (TPSA) is 55.8 Å². The van der Waals surface area contributed by atoms with Gasteiger partial charge in [-0.2, -0.15) is 0 Å². The zero-order valence-corrected chi connectivity index (χ0v) is 9.16. The van der Waals surface area contributed by atoms with E-state index in [1.807, 2.05) is 13.8 Å². The number of aliphatic hydroxyl groups excluding tert-OH is 1. The molecule has 0 aromatic heterocycles. The first-order valence-corrected chi connectivity index (χ1v) is 5.10. The van der Waals surface area contributed by atoms with Gasteiger partial charge in [0.2, 0.25) is 0 Å². The first-order valence-electron chi connectivity index (χ1n) is 5.10. The highest BCUT2D eigenvalue weighted by Crippen LogP contribution is 2.08. The number of rotatable bonds is 7. The summed E-state index contributed by atoms with van der Waals surface area (Å²) in [5.74, 6) is -0.377. The number of aliphatic hydroxyl groups is 1. The van der Waals surface area contributed by atoms with Crippen LogP contribution < -0.4 is 0 Å². The molecule has 0 aliphatic rings. The van der Waals surface area contributed by atoms with E-state index < -0.39 is 6.10 Å². The third-order valence-corrected chi connectivity index (χ3v) is 1.89. The summed E-state index contributed by atoms with van der Waals surface area (Å²) in [5.41, 5.74) is 0. The van der Waals surface area contributed by atoms with Gasteiger partial charge in [-0.1, -0.05) is 6.92 Å². The van der Waals surface area contributed by atoms with Crippen LogP contribution in [0.2, 0.25) is 0 Å². The van der Waals surface area contributed by atoms with Crippen LogP contribution in [-0.4, -0.2) is 36.5 Å². The van der Waals surface area contributed by atoms with Gasteiger partial charge in [0.15, 0.2) is 0 Å². The van der Waals surface area contributed by atoms with Crippen LogP contribution >= 0.6 is 0 Å². The van der Waals surface area contributed by atoms with Gasteiger partial charge in [0.05, 0.1) is 25.2 Å². The normalized spacial score (nSPS) is 14.9. The van der Waals surface area contributed by atoms with Gasteiger partial charge >= 0.3 is 5.97 Å². The lowest BCUT2D eigenvalue weighted by Crippen LogP contribution is -2.31. The summed E-state index contributed by atoms with van der Waals surface area (Å²) in [4.78, 5) is 11.0. The van der Waals surface area contributed by atoms with Crippen LogP contribution in [0, 0.1) is 0 Å². The number of carbonyl (C=O) groups excluding carboxylic acids is 1. The summed E-state index contributed by atoms with van der Waals surface area (Å²) >= 11 is 0. The zero-order chi connectivity index (χ0) is 11.0. The average molecular weight is 204 g/mol. The second-order valence-corrected chi connectivity index (χ2v) is 2.98. The molecule has 0 aromatic rings. The quantitative estimate of drug-likeness (QED) is 0.631. The predicted molar refractivity (Wildman–Crippen MR) is 53.0 cm³/mol. The van der Waals surface area contributed by atoms with Crippen LogP contribution in [0.15, 0.2) is 0 Å². The number of esters is 1. The molecule has 0 radical (unpaired) electrons. The molecule has 1 N–H and O–H groups in total. The average Bonchev–Trinajstić information content (AvgIpc) is 2.14. The summed E-state index contributed by atoms with van der Waals surface area (Å²) in [5, 5.41) is 9.61. The number of hydrogen-bond acceptors (Lipinski definition) is 4. The number of ether oxygens (including phenoxy) is 2. The van der Waals surface area contributed by atoms with Crippen molar-refractivity contribution in [3.05, 3.63) is 0 Å². The Kier molecular flexibility index (Phi) is 7.42. The standard InChI is InChI=1S/C10H20O4/c1-4-9(13-5-2)8(11)7-10(12)14-6-3/h8-9,11H,4-7H2,1-3H3/t8-,9+/m0/s1. The minimum Gasteiger partial charge on any atom is -0.466 e. The summed E-state index contributed by atoms with van der Waals surface area (Å²) in [7, 11) is 0. The molecular formula is C10H20O4. The second kappa shape index (κ2) is 7.76. The lowest BCUT2D eigenvalue weighted by Gasteiger charge is -2.20. The van der Waals surface area contributed by atoms with Crippen LogP contribution in [0.4, 0.5) is 0 Å². The van der Waals surface area contributed by atoms with E-state index in [4.69, 9.17) is 9.47 Å². The minimum atomic E-state index is -0.765. The van der Waals surface area contributed by atoms with E-state index in [1.54, 1.807) is 6.92 Å². The van der Waals surface area contributed by atoms with E-state index in [9.17, 15) is 9.90 Å². The molecule has 0 amide bonds.